The summed E-state index contributed by atoms with van der Waals surface area (Å²) in [5.74, 6) is 2.30. The number of nitrogens with one attached hydrogen (secondary N) is 2. The van der Waals surface area contributed by atoms with E-state index in [4.69, 9.17) is 14.2 Å². The highest BCUT2D eigenvalue weighted by atomic mass is 127. The van der Waals surface area contributed by atoms with E-state index in [2.05, 4.69) is 29.5 Å². The van der Waals surface area contributed by atoms with E-state index >= 15 is 0 Å². The quantitative estimate of drug-likeness (QED) is 0.209. The van der Waals surface area contributed by atoms with E-state index in [0.717, 1.165) is 36.8 Å². The van der Waals surface area contributed by atoms with Crippen molar-refractivity contribution in [3.8, 4) is 5.75 Å². The molecule has 0 bridgehead atoms. The van der Waals surface area contributed by atoms with Crippen molar-refractivity contribution >= 4 is 29.9 Å². The molecule has 0 saturated heterocycles. The molecule has 0 spiro atoms. The molecule has 26 heavy (non-hydrogen) atoms. The van der Waals surface area contributed by atoms with Gasteiger partial charge in [0.25, 0.3) is 0 Å². The number of aliphatic imine (C=N–C) groups is 1. The van der Waals surface area contributed by atoms with Gasteiger partial charge in [0.05, 0.1) is 13.2 Å². The number of ether oxygens (including phenoxy) is 3. The van der Waals surface area contributed by atoms with Crippen LogP contribution in [0.1, 0.15) is 25.8 Å². The van der Waals surface area contributed by atoms with Crippen LogP contribution in [0.3, 0.4) is 0 Å². The van der Waals surface area contributed by atoms with Crippen LogP contribution >= 0.6 is 24.0 Å². The van der Waals surface area contributed by atoms with Crippen LogP contribution < -0.4 is 15.4 Å². The third-order valence-electron chi connectivity index (χ3n) is 3.54. The van der Waals surface area contributed by atoms with Crippen LogP contribution in [-0.4, -0.2) is 53.1 Å². The molecule has 1 aromatic carbocycles. The first kappa shape index (κ1) is 24.9. The van der Waals surface area contributed by atoms with Crippen molar-refractivity contribution in [2.45, 2.75) is 26.8 Å². The van der Waals surface area contributed by atoms with E-state index in [9.17, 15) is 0 Å². The maximum atomic E-state index is 5.59. The highest BCUT2D eigenvalue weighted by Gasteiger charge is 2.00. The van der Waals surface area contributed by atoms with Crippen molar-refractivity contribution in [2.75, 3.05) is 47.1 Å². The topological polar surface area (TPSA) is 64.1 Å². The summed E-state index contributed by atoms with van der Waals surface area (Å²) < 4.78 is 16.1. The summed E-state index contributed by atoms with van der Waals surface area (Å²) in [6, 6.07) is 8.01. The van der Waals surface area contributed by atoms with Crippen molar-refractivity contribution < 1.29 is 14.2 Å². The largest absolute Gasteiger partial charge is 0.491 e. The van der Waals surface area contributed by atoms with Crippen molar-refractivity contribution in [1.82, 2.24) is 10.6 Å². The Morgan fingerprint density at radius 2 is 1.77 bits per heavy atom. The highest BCUT2D eigenvalue weighted by molar-refractivity contribution is 14.0. The molecule has 2 N–H and O–H groups in total. The molecule has 6 nitrogen and oxygen atoms in total. The lowest BCUT2D eigenvalue weighted by Crippen LogP contribution is -2.38. The first-order valence-electron chi connectivity index (χ1n) is 8.88. The summed E-state index contributed by atoms with van der Waals surface area (Å²) in [6.45, 7) is 8.48. The molecule has 0 radical (unpaired) electrons. The molecule has 0 amide bonds. The summed E-state index contributed by atoms with van der Waals surface area (Å²) in [5.41, 5.74) is 1.16. The molecule has 0 heterocycles. The van der Waals surface area contributed by atoms with Crippen LogP contribution in [0.15, 0.2) is 29.3 Å². The van der Waals surface area contributed by atoms with Gasteiger partial charge in [-0.25, -0.2) is 0 Å². The molecule has 0 aliphatic heterocycles. The van der Waals surface area contributed by atoms with Gasteiger partial charge in [-0.3, -0.25) is 4.99 Å². The van der Waals surface area contributed by atoms with Crippen LogP contribution in [0.5, 0.6) is 5.75 Å². The second-order valence-electron chi connectivity index (χ2n) is 6.13. The maximum absolute atomic E-state index is 5.59. The number of methoxy groups -OCH3 is 1. The van der Waals surface area contributed by atoms with Crippen LogP contribution in [0.4, 0.5) is 0 Å². The molecule has 150 valence electrons. The smallest absolute Gasteiger partial charge is 0.191 e. The average Bonchev–Trinajstić information content (AvgIpc) is 2.61. The molecule has 7 heteroatoms. The Bertz CT molecular complexity index is 481. The second-order valence-corrected chi connectivity index (χ2v) is 6.13. The Balaban J connectivity index is 0.00000625. The van der Waals surface area contributed by atoms with Crippen molar-refractivity contribution in [3.63, 3.8) is 0 Å². The van der Waals surface area contributed by atoms with Gasteiger partial charge >= 0.3 is 0 Å². The molecule has 1 rings (SSSR count). The summed E-state index contributed by atoms with van der Waals surface area (Å²) in [4.78, 5) is 4.22. The van der Waals surface area contributed by atoms with Crippen LogP contribution in [-0.2, 0) is 16.0 Å². The Morgan fingerprint density at radius 1 is 1.04 bits per heavy atom. The first-order valence-corrected chi connectivity index (χ1v) is 8.88. The van der Waals surface area contributed by atoms with Crippen LogP contribution in [0.25, 0.3) is 0 Å². The van der Waals surface area contributed by atoms with Crippen molar-refractivity contribution in [1.29, 1.82) is 0 Å². The molecule has 0 aliphatic carbocycles. The zero-order chi connectivity index (χ0) is 18.3. The van der Waals surface area contributed by atoms with E-state index < -0.39 is 0 Å². The van der Waals surface area contributed by atoms with E-state index in [-0.39, 0.29) is 24.0 Å². The summed E-state index contributed by atoms with van der Waals surface area (Å²) in [6.07, 6.45) is 1.10. The summed E-state index contributed by atoms with van der Waals surface area (Å²) in [5, 5.41) is 6.54. The predicted molar refractivity (Wildman–Crippen MR) is 118 cm³/mol. The Hall–Kier alpha value is -1.06. The molecular weight excluding hydrogens is 445 g/mol. The lowest BCUT2D eigenvalue weighted by molar-refractivity contribution is 0.128. The standard InChI is InChI=1S/C19H33N3O3.HI/c1-16(2)9-11-24-12-10-21-19(20-3)22-15-17-5-7-18(8-6-17)25-14-13-23-4;/h5-8,16H,9-15H2,1-4H3,(H2,20,21,22);1H. The van der Waals surface area contributed by atoms with Crippen LogP contribution in [0.2, 0.25) is 0 Å². The molecule has 0 saturated carbocycles. The third kappa shape index (κ3) is 12.3. The van der Waals surface area contributed by atoms with E-state index in [0.29, 0.717) is 32.3 Å². The summed E-state index contributed by atoms with van der Waals surface area (Å²) >= 11 is 0. The van der Waals surface area contributed by atoms with Gasteiger partial charge in [0.1, 0.15) is 12.4 Å². The SMILES string of the molecule is CN=C(NCCOCCC(C)C)NCc1ccc(OCCOC)cc1.I. The highest BCUT2D eigenvalue weighted by Crippen LogP contribution is 2.11. The lowest BCUT2D eigenvalue weighted by Gasteiger charge is -2.13. The van der Waals surface area contributed by atoms with Gasteiger partial charge in [0, 0.05) is 33.9 Å². The lowest BCUT2D eigenvalue weighted by atomic mass is 10.1. The van der Waals surface area contributed by atoms with Gasteiger partial charge in [-0.2, -0.15) is 0 Å². The normalized spacial score (nSPS) is 11.2. The average molecular weight is 479 g/mol. The van der Waals surface area contributed by atoms with Gasteiger partial charge in [0.2, 0.25) is 0 Å². The minimum Gasteiger partial charge on any atom is -0.491 e. The Morgan fingerprint density at radius 3 is 2.38 bits per heavy atom. The minimum absolute atomic E-state index is 0. The Labute approximate surface area is 175 Å². The van der Waals surface area contributed by atoms with E-state index in [1.54, 1.807) is 14.2 Å². The molecule has 0 unspecified atom stereocenters. The van der Waals surface area contributed by atoms with Gasteiger partial charge in [-0.15, -0.1) is 24.0 Å². The molecular formula is C19H34IN3O3. The van der Waals surface area contributed by atoms with Gasteiger partial charge in [-0.1, -0.05) is 26.0 Å². The fraction of sp³-hybridized carbons (Fsp3) is 0.632. The molecule has 0 aliphatic rings. The van der Waals surface area contributed by atoms with Gasteiger partial charge < -0.3 is 24.8 Å². The molecule has 0 fully saturated rings. The monoisotopic (exact) mass is 479 g/mol. The van der Waals surface area contributed by atoms with Crippen molar-refractivity contribution in [3.05, 3.63) is 29.8 Å². The molecule has 0 aromatic heterocycles. The summed E-state index contributed by atoms with van der Waals surface area (Å²) in [7, 11) is 3.43. The number of halogens is 1. The molecule has 0 atom stereocenters. The van der Waals surface area contributed by atoms with E-state index in [1.807, 2.05) is 24.3 Å². The fourth-order valence-electron chi connectivity index (χ4n) is 2.02. The maximum Gasteiger partial charge on any atom is 0.191 e. The number of nitrogens with zero attached hydrogens (tertiary/aromatic N) is 1. The number of rotatable bonds is 12. The number of benzene rings is 1. The van der Waals surface area contributed by atoms with E-state index in [1.165, 1.54) is 0 Å². The zero-order valence-corrected chi connectivity index (χ0v) is 18.7. The molecule has 1 aromatic rings. The zero-order valence-electron chi connectivity index (χ0n) is 16.4. The number of hydrogen-bond donors (Lipinski definition) is 2. The van der Waals surface area contributed by atoms with Gasteiger partial charge in [0.15, 0.2) is 5.96 Å². The number of hydrogen-bond acceptors (Lipinski definition) is 4. The number of guanidine groups is 1. The van der Waals surface area contributed by atoms with Crippen molar-refractivity contribution in [2.24, 2.45) is 10.9 Å². The van der Waals surface area contributed by atoms with Gasteiger partial charge in [-0.05, 0) is 30.0 Å². The van der Waals surface area contributed by atoms with Crippen LogP contribution in [0, 0.1) is 5.92 Å². The minimum atomic E-state index is 0. The second kappa shape index (κ2) is 16.1. The predicted octanol–water partition coefficient (Wildman–Crippen LogP) is 3.06. The fourth-order valence-corrected chi connectivity index (χ4v) is 2.02. The third-order valence-corrected chi connectivity index (χ3v) is 3.54. The Kier molecular flexibility index (Phi) is 15.5. The first-order chi connectivity index (χ1) is 12.2.